The molecule has 0 aromatic heterocycles. The van der Waals surface area contributed by atoms with Crippen molar-refractivity contribution in [3.05, 3.63) is 0 Å². The molecule has 0 amide bonds. The van der Waals surface area contributed by atoms with Gasteiger partial charge in [-0.1, -0.05) is 31.8 Å². The Hall–Kier alpha value is -0.420. The molecule has 0 saturated heterocycles. The van der Waals surface area contributed by atoms with Gasteiger partial charge in [0.25, 0.3) is 0 Å². The highest BCUT2D eigenvalue weighted by Gasteiger charge is 2.26. The molecule has 0 aromatic rings. The van der Waals surface area contributed by atoms with Crippen LogP contribution in [-0.4, -0.2) is 35.1 Å². The van der Waals surface area contributed by atoms with Crippen LogP contribution in [0.2, 0.25) is 0 Å². The molecule has 0 radical (unpaired) electrons. The lowest BCUT2D eigenvalue weighted by atomic mass is 9.87. The van der Waals surface area contributed by atoms with Gasteiger partial charge >= 0.3 is 0 Å². The third-order valence-electron chi connectivity index (χ3n) is 3.96. The van der Waals surface area contributed by atoms with E-state index in [9.17, 15) is 0 Å². The minimum absolute atomic E-state index is 0.245. The molecule has 4 N–H and O–H groups in total. The molecule has 0 spiro atoms. The first-order valence-electron chi connectivity index (χ1n) is 6.75. The van der Waals surface area contributed by atoms with E-state index in [0.29, 0.717) is 11.9 Å². The summed E-state index contributed by atoms with van der Waals surface area (Å²) < 4.78 is 0. The van der Waals surface area contributed by atoms with Gasteiger partial charge in [-0.3, -0.25) is 0 Å². The number of hydrogen-bond acceptors (Lipinski definition) is 4. The fourth-order valence-corrected chi connectivity index (χ4v) is 3.41. The molecule has 5 heteroatoms. The van der Waals surface area contributed by atoms with E-state index in [4.69, 9.17) is 10.9 Å². The van der Waals surface area contributed by atoms with Crippen molar-refractivity contribution in [2.45, 2.75) is 57.2 Å². The Morgan fingerprint density at radius 2 is 2.11 bits per heavy atom. The van der Waals surface area contributed by atoms with Crippen LogP contribution in [0.4, 0.5) is 0 Å². The second-order valence-corrected chi connectivity index (χ2v) is 6.82. The van der Waals surface area contributed by atoms with Gasteiger partial charge in [-0.05, 0) is 32.1 Å². The molecule has 2 unspecified atom stereocenters. The van der Waals surface area contributed by atoms with E-state index in [2.05, 4.69) is 16.7 Å². The number of thioether (sulfide) groups is 1. The molecule has 0 bridgehead atoms. The van der Waals surface area contributed by atoms with E-state index in [1.54, 1.807) is 0 Å². The number of oxime groups is 1. The van der Waals surface area contributed by atoms with Gasteiger partial charge in [0.05, 0.1) is 0 Å². The Balaban J connectivity index is 2.36. The summed E-state index contributed by atoms with van der Waals surface area (Å²) >= 11 is 1.97. The first kappa shape index (κ1) is 15.6. The van der Waals surface area contributed by atoms with Crippen LogP contribution >= 0.6 is 11.8 Å². The summed E-state index contributed by atoms with van der Waals surface area (Å²) in [5.74, 6) is 0.314. The van der Waals surface area contributed by atoms with Crippen LogP contribution in [0, 0.1) is 5.41 Å². The molecule has 2 atom stereocenters. The summed E-state index contributed by atoms with van der Waals surface area (Å²) in [5, 5.41) is 16.2. The molecule has 1 fully saturated rings. The monoisotopic (exact) mass is 273 g/mol. The highest BCUT2D eigenvalue weighted by atomic mass is 32.2. The Bertz CT molecular complexity index is 281. The van der Waals surface area contributed by atoms with Gasteiger partial charge in [-0.15, -0.1) is 0 Å². The molecular formula is C13H27N3OS. The number of nitrogens with two attached hydrogens (primary N) is 1. The van der Waals surface area contributed by atoms with Crippen LogP contribution in [0.15, 0.2) is 5.16 Å². The van der Waals surface area contributed by atoms with Crippen LogP contribution in [0.1, 0.15) is 46.0 Å². The van der Waals surface area contributed by atoms with Gasteiger partial charge in [-0.25, -0.2) is 0 Å². The summed E-state index contributed by atoms with van der Waals surface area (Å²) in [6.45, 7) is 4.94. The first-order valence-corrected chi connectivity index (χ1v) is 8.04. The van der Waals surface area contributed by atoms with Gasteiger partial charge in [-0.2, -0.15) is 11.8 Å². The molecular weight excluding hydrogens is 246 g/mol. The Morgan fingerprint density at radius 3 is 2.72 bits per heavy atom. The summed E-state index contributed by atoms with van der Waals surface area (Å²) in [7, 11) is 0. The molecule has 4 nitrogen and oxygen atoms in total. The second kappa shape index (κ2) is 7.24. The third kappa shape index (κ3) is 4.35. The van der Waals surface area contributed by atoms with E-state index in [-0.39, 0.29) is 5.41 Å². The van der Waals surface area contributed by atoms with Crippen molar-refractivity contribution in [3.8, 4) is 0 Å². The zero-order valence-corrected chi connectivity index (χ0v) is 12.6. The fraction of sp³-hybridized carbons (Fsp3) is 0.923. The quantitative estimate of drug-likeness (QED) is 0.301. The molecule has 0 heterocycles. The van der Waals surface area contributed by atoms with Crippen LogP contribution in [0.25, 0.3) is 0 Å². The first-order chi connectivity index (χ1) is 8.51. The fourth-order valence-electron chi connectivity index (χ4n) is 2.45. The van der Waals surface area contributed by atoms with Gasteiger partial charge in [0.1, 0.15) is 5.84 Å². The van der Waals surface area contributed by atoms with Crippen LogP contribution in [0.5, 0.6) is 0 Å². The van der Waals surface area contributed by atoms with Crippen molar-refractivity contribution in [1.82, 2.24) is 5.32 Å². The molecule has 0 aliphatic heterocycles. The van der Waals surface area contributed by atoms with Crippen LogP contribution in [0.3, 0.4) is 0 Å². The van der Waals surface area contributed by atoms with Crippen molar-refractivity contribution in [2.75, 3.05) is 12.8 Å². The van der Waals surface area contributed by atoms with Crippen molar-refractivity contribution in [1.29, 1.82) is 0 Å². The summed E-state index contributed by atoms with van der Waals surface area (Å²) in [6, 6.07) is 0.622. The maximum atomic E-state index is 8.74. The maximum absolute atomic E-state index is 8.74. The maximum Gasteiger partial charge on any atom is 0.144 e. The molecule has 1 saturated carbocycles. The number of nitrogens with zero attached hydrogens (tertiary/aromatic N) is 1. The molecule has 1 rings (SSSR count). The average molecular weight is 273 g/mol. The Morgan fingerprint density at radius 1 is 1.44 bits per heavy atom. The lowest BCUT2D eigenvalue weighted by Crippen LogP contribution is -2.43. The van der Waals surface area contributed by atoms with Gasteiger partial charge in [0.15, 0.2) is 0 Å². The minimum Gasteiger partial charge on any atom is -0.409 e. The van der Waals surface area contributed by atoms with E-state index < -0.39 is 0 Å². The number of amidine groups is 1. The van der Waals surface area contributed by atoms with E-state index >= 15 is 0 Å². The normalized spacial score (nSPS) is 26.3. The number of hydrogen-bond donors (Lipinski definition) is 3. The van der Waals surface area contributed by atoms with Crippen molar-refractivity contribution in [2.24, 2.45) is 16.3 Å². The van der Waals surface area contributed by atoms with Crippen molar-refractivity contribution < 1.29 is 5.21 Å². The summed E-state index contributed by atoms with van der Waals surface area (Å²) in [5.41, 5.74) is 5.45. The highest BCUT2D eigenvalue weighted by molar-refractivity contribution is 7.99. The molecule has 18 heavy (non-hydrogen) atoms. The van der Waals surface area contributed by atoms with E-state index in [0.717, 1.165) is 18.2 Å². The SMILES string of the molecule is CSC1CCCCC1NCCC(C)(C)C(N)=NO. The average Bonchev–Trinajstić information content (AvgIpc) is 2.38. The Labute approximate surface area is 115 Å². The lowest BCUT2D eigenvalue weighted by molar-refractivity contribution is 0.302. The topological polar surface area (TPSA) is 70.6 Å². The van der Waals surface area contributed by atoms with Gasteiger partial charge in [0.2, 0.25) is 0 Å². The standard InChI is InChI=1S/C13H27N3OS/c1-13(2,12(14)16-17)8-9-15-10-6-4-5-7-11(10)18-3/h10-11,15,17H,4-9H2,1-3H3,(H2,14,16). The zero-order chi connectivity index (χ0) is 13.6. The Kier molecular flexibility index (Phi) is 6.29. The smallest absolute Gasteiger partial charge is 0.144 e. The lowest BCUT2D eigenvalue weighted by Gasteiger charge is -2.32. The predicted molar refractivity (Wildman–Crippen MR) is 79.4 cm³/mol. The predicted octanol–water partition coefficient (Wildman–Crippen LogP) is 2.41. The minimum atomic E-state index is -0.245. The molecule has 1 aliphatic carbocycles. The second-order valence-electron chi connectivity index (χ2n) is 5.74. The summed E-state index contributed by atoms with van der Waals surface area (Å²) in [6.07, 6.45) is 8.38. The molecule has 106 valence electrons. The van der Waals surface area contributed by atoms with Crippen molar-refractivity contribution in [3.63, 3.8) is 0 Å². The number of nitrogens with one attached hydrogen (secondary N) is 1. The van der Waals surface area contributed by atoms with E-state index in [1.165, 1.54) is 25.7 Å². The van der Waals surface area contributed by atoms with Crippen LogP contribution < -0.4 is 11.1 Å². The highest BCUT2D eigenvalue weighted by Crippen LogP contribution is 2.27. The molecule has 0 aromatic carbocycles. The summed E-state index contributed by atoms with van der Waals surface area (Å²) in [4.78, 5) is 0. The van der Waals surface area contributed by atoms with E-state index in [1.807, 2.05) is 25.6 Å². The molecule has 1 aliphatic rings. The largest absolute Gasteiger partial charge is 0.409 e. The van der Waals surface area contributed by atoms with Gasteiger partial charge < -0.3 is 16.3 Å². The zero-order valence-electron chi connectivity index (χ0n) is 11.8. The van der Waals surface area contributed by atoms with Crippen molar-refractivity contribution >= 4 is 17.6 Å². The van der Waals surface area contributed by atoms with Gasteiger partial charge in [0, 0.05) is 16.7 Å². The number of rotatable bonds is 6. The van der Waals surface area contributed by atoms with Crippen LogP contribution in [-0.2, 0) is 0 Å². The third-order valence-corrected chi connectivity index (χ3v) is 5.13.